The van der Waals surface area contributed by atoms with Crippen molar-refractivity contribution in [2.75, 3.05) is 11.1 Å². The number of nitrogens with zero attached hydrogens (tertiary/aromatic N) is 2. The molecule has 3 N–H and O–H groups in total. The predicted octanol–water partition coefficient (Wildman–Crippen LogP) is 1.75. The summed E-state index contributed by atoms with van der Waals surface area (Å²) in [5, 5.41) is 13.1. The molecule has 2 rings (SSSR count). The number of hydrogen-bond acceptors (Lipinski definition) is 5. The summed E-state index contributed by atoms with van der Waals surface area (Å²) < 4.78 is 0. The highest BCUT2D eigenvalue weighted by molar-refractivity contribution is 5.91. The number of nitrogens with one attached hydrogen (secondary N) is 1. The number of hydrogen-bond donors (Lipinski definition) is 2. The number of rotatable bonds is 4. The van der Waals surface area contributed by atoms with Crippen LogP contribution in [0.25, 0.3) is 0 Å². The summed E-state index contributed by atoms with van der Waals surface area (Å²) in [6.07, 6.45) is 0.194. The van der Waals surface area contributed by atoms with Crippen LogP contribution >= 0.6 is 0 Å². The molecule has 7 heteroatoms. The van der Waals surface area contributed by atoms with E-state index >= 15 is 0 Å². The fraction of sp³-hybridized carbons (Fsp3) is 0.0769. The molecule has 7 nitrogen and oxygen atoms in total. The van der Waals surface area contributed by atoms with E-state index in [-0.39, 0.29) is 29.7 Å². The Bertz CT molecular complexity index is 643. The van der Waals surface area contributed by atoms with Gasteiger partial charge in [-0.1, -0.05) is 30.3 Å². The number of carbonyl (C=O) groups excluding carboxylic acids is 1. The summed E-state index contributed by atoms with van der Waals surface area (Å²) in [7, 11) is 0. The van der Waals surface area contributed by atoms with Gasteiger partial charge in [-0.3, -0.25) is 14.9 Å². The lowest BCUT2D eigenvalue weighted by molar-refractivity contribution is -0.384. The molecule has 1 aromatic heterocycles. The van der Waals surface area contributed by atoms with E-state index in [1.54, 1.807) is 0 Å². The number of carbonyl (C=O) groups is 1. The number of nitrogens with two attached hydrogens (primary N) is 1. The average Bonchev–Trinajstić information content (AvgIpc) is 2.39. The number of anilines is 2. The van der Waals surface area contributed by atoms with Gasteiger partial charge in [0, 0.05) is 6.07 Å². The molecule has 0 spiro atoms. The van der Waals surface area contributed by atoms with Crippen LogP contribution in [0.15, 0.2) is 42.5 Å². The average molecular weight is 272 g/mol. The second kappa shape index (κ2) is 5.79. The zero-order valence-corrected chi connectivity index (χ0v) is 10.4. The Labute approximate surface area is 114 Å². The van der Waals surface area contributed by atoms with Gasteiger partial charge in [0.05, 0.1) is 11.3 Å². The zero-order chi connectivity index (χ0) is 14.5. The molecule has 0 aliphatic heterocycles. The highest BCUT2D eigenvalue weighted by Gasteiger charge is 2.13. The van der Waals surface area contributed by atoms with Crippen molar-refractivity contribution in [1.29, 1.82) is 0 Å². The van der Waals surface area contributed by atoms with Crippen molar-refractivity contribution in [1.82, 2.24) is 4.98 Å². The summed E-state index contributed by atoms with van der Waals surface area (Å²) in [5.74, 6) is -0.307. The second-order valence-corrected chi connectivity index (χ2v) is 4.07. The Balaban J connectivity index is 2.05. The molecule has 2 aromatic rings. The highest BCUT2D eigenvalue weighted by atomic mass is 16.6. The predicted molar refractivity (Wildman–Crippen MR) is 74.1 cm³/mol. The lowest BCUT2D eigenvalue weighted by Gasteiger charge is -2.05. The molecule has 102 valence electrons. The minimum absolute atomic E-state index is 0.189. The summed E-state index contributed by atoms with van der Waals surface area (Å²) in [6, 6.07) is 11.8. The van der Waals surface area contributed by atoms with Gasteiger partial charge in [-0.15, -0.1) is 0 Å². The summed E-state index contributed by atoms with van der Waals surface area (Å²) in [6.45, 7) is 0. The lowest BCUT2D eigenvalue weighted by atomic mass is 10.1. The molecule has 0 saturated heterocycles. The van der Waals surface area contributed by atoms with Crippen molar-refractivity contribution in [3.63, 3.8) is 0 Å². The Morgan fingerprint density at radius 1 is 1.25 bits per heavy atom. The smallest absolute Gasteiger partial charge is 0.311 e. The van der Waals surface area contributed by atoms with Gasteiger partial charge in [0.2, 0.25) is 11.7 Å². The third-order valence-electron chi connectivity index (χ3n) is 2.57. The minimum Gasteiger partial charge on any atom is -0.378 e. The van der Waals surface area contributed by atoms with Gasteiger partial charge in [-0.2, -0.15) is 0 Å². The number of nitro groups is 1. The first-order chi connectivity index (χ1) is 9.56. The van der Waals surface area contributed by atoms with E-state index in [9.17, 15) is 14.9 Å². The number of benzene rings is 1. The van der Waals surface area contributed by atoms with Crippen molar-refractivity contribution in [2.45, 2.75) is 6.42 Å². The van der Waals surface area contributed by atoms with E-state index in [0.29, 0.717) is 0 Å². The minimum atomic E-state index is -0.627. The van der Waals surface area contributed by atoms with Crippen LogP contribution in [-0.4, -0.2) is 15.8 Å². The first-order valence-corrected chi connectivity index (χ1v) is 5.81. The van der Waals surface area contributed by atoms with Crippen molar-refractivity contribution in [2.24, 2.45) is 0 Å². The van der Waals surface area contributed by atoms with Gasteiger partial charge in [0.25, 0.3) is 0 Å². The maximum absolute atomic E-state index is 11.8. The van der Waals surface area contributed by atoms with E-state index in [1.165, 1.54) is 12.1 Å². The quantitative estimate of drug-likeness (QED) is 0.650. The molecule has 0 aliphatic rings. The normalized spacial score (nSPS) is 10.0. The summed E-state index contributed by atoms with van der Waals surface area (Å²) in [4.78, 5) is 25.5. The van der Waals surface area contributed by atoms with Crippen molar-refractivity contribution in [3.05, 3.63) is 58.1 Å². The second-order valence-electron chi connectivity index (χ2n) is 4.07. The van der Waals surface area contributed by atoms with Gasteiger partial charge in [0.15, 0.2) is 0 Å². The molecule has 1 heterocycles. The zero-order valence-electron chi connectivity index (χ0n) is 10.4. The van der Waals surface area contributed by atoms with E-state index < -0.39 is 4.92 Å². The van der Waals surface area contributed by atoms with Crippen molar-refractivity contribution in [3.8, 4) is 0 Å². The van der Waals surface area contributed by atoms with Crippen LogP contribution in [0, 0.1) is 10.1 Å². The number of pyridine rings is 1. The Morgan fingerprint density at radius 3 is 2.55 bits per heavy atom. The van der Waals surface area contributed by atoms with E-state index in [1.807, 2.05) is 30.3 Å². The molecule has 0 atom stereocenters. The molecule has 20 heavy (non-hydrogen) atoms. The van der Waals surface area contributed by atoms with Crippen LogP contribution in [0.1, 0.15) is 5.56 Å². The standard InChI is InChI=1S/C13H12N4O3/c14-13-10(17(19)20)6-7-11(16-13)15-12(18)8-9-4-2-1-3-5-9/h1-7H,8H2,(H3,14,15,16,18). The van der Waals surface area contributed by atoms with E-state index in [2.05, 4.69) is 10.3 Å². The Morgan fingerprint density at radius 2 is 1.95 bits per heavy atom. The fourth-order valence-electron chi connectivity index (χ4n) is 1.66. The van der Waals surface area contributed by atoms with Gasteiger partial charge in [0.1, 0.15) is 5.82 Å². The van der Waals surface area contributed by atoms with Crippen LogP contribution in [0.5, 0.6) is 0 Å². The highest BCUT2D eigenvalue weighted by Crippen LogP contribution is 2.20. The van der Waals surface area contributed by atoms with Gasteiger partial charge in [-0.25, -0.2) is 4.98 Å². The molecule has 1 amide bonds. The van der Waals surface area contributed by atoms with Crippen molar-refractivity contribution < 1.29 is 9.72 Å². The SMILES string of the molecule is Nc1nc(NC(=O)Cc2ccccc2)ccc1[N+](=O)[O-]. The fourth-order valence-corrected chi connectivity index (χ4v) is 1.66. The Hall–Kier alpha value is -2.96. The van der Waals surface area contributed by atoms with Crippen LogP contribution in [0.2, 0.25) is 0 Å². The molecular weight excluding hydrogens is 260 g/mol. The Kier molecular flexibility index (Phi) is 3.90. The topological polar surface area (TPSA) is 111 Å². The number of nitrogen functional groups attached to an aromatic ring is 1. The third-order valence-corrected chi connectivity index (χ3v) is 2.57. The largest absolute Gasteiger partial charge is 0.378 e. The van der Waals surface area contributed by atoms with Crippen molar-refractivity contribution >= 4 is 23.2 Å². The molecule has 1 aromatic carbocycles. The van der Waals surface area contributed by atoms with Crippen LogP contribution in [0.4, 0.5) is 17.3 Å². The maximum Gasteiger partial charge on any atom is 0.311 e. The lowest BCUT2D eigenvalue weighted by Crippen LogP contribution is -2.15. The van der Waals surface area contributed by atoms with E-state index in [4.69, 9.17) is 5.73 Å². The maximum atomic E-state index is 11.8. The number of amides is 1. The summed E-state index contributed by atoms with van der Waals surface area (Å²) in [5.41, 5.74) is 6.02. The summed E-state index contributed by atoms with van der Waals surface area (Å²) >= 11 is 0. The first kappa shape index (κ1) is 13.5. The third kappa shape index (κ3) is 3.29. The van der Waals surface area contributed by atoms with Gasteiger partial charge >= 0.3 is 5.69 Å². The molecule has 0 bridgehead atoms. The first-order valence-electron chi connectivity index (χ1n) is 5.81. The molecule has 0 saturated carbocycles. The monoisotopic (exact) mass is 272 g/mol. The molecule has 0 fully saturated rings. The van der Waals surface area contributed by atoms with E-state index in [0.717, 1.165) is 5.56 Å². The molecule has 0 radical (unpaired) electrons. The molecule has 0 unspecified atom stereocenters. The van der Waals surface area contributed by atoms with Crippen LogP contribution in [0.3, 0.4) is 0 Å². The van der Waals surface area contributed by atoms with Crippen LogP contribution < -0.4 is 11.1 Å². The molecule has 0 aliphatic carbocycles. The van der Waals surface area contributed by atoms with Gasteiger partial charge in [-0.05, 0) is 11.6 Å². The van der Waals surface area contributed by atoms with Crippen LogP contribution in [-0.2, 0) is 11.2 Å². The van der Waals surface area contributed by atoms with Gasteiger partial charge < -0.3 is 11.1 Å². The number of aromatic nitrogens is 1. The molecular formula is C13H12N4O3.